The zero-order valence-electron chi connectivity index (χ0n) is 8.14. The Kier molecular flexibility index (Phi) is 2.61. The van der Waals surface area contributed by atoms with Crippen LogP contribution in [0.25, 0.3) is 10.9 Å². The van der Waals surface area contributed by atoms with Gasteiger partial charge in [0.25, 0.3) is 5.92 Å². The first-order chi connectivity index (χ1) is 7.39. The van der Waals surface area contributed by atoms with Crippen LogP contribution in [0, 0.1) is 5.82 Å². The lowest BCUT2D eigenvalue weighted by Crippen LogP contribution is -2.11. The smallest absolute Gasteiger partial charge is 0.236 e. The number of hydrogen-bond donors (Lipinski definition) is 0. The molecule has 16 heavy (non-hydrogen) atoms. The standard InChI is InChI=1S/C10H6BrF3N2/c1-10(13,14)9-5-2-7(12)6(11)3-8(5)15-4-16-9/h2-4H,1H3. The summed E-state index contributed by atoms with van der Waals surface area (Å²) in [4.78, 5) is 7.32. The Balaban J connectivity index is 2.82. The predicted molar refractivity (Wildman–Crippen MR) is 56.8 cm³/mol. The Morgan fingerprint density at radius 3 is 2.56 bits per heavy atom. The maximum absolute atomic E-state index is 13.3. The summed E-state index contributed by atoms with van der Waals surface area (Å²) in [6.07, 6.45) is 1.04. The number of aromatic nitrogens is 2. The second-order valence-corrected chi connectivity index (χ2v) is 4.25. The van der Waals surface area contributed by atoms with Crippen molar-refractivity contribution >= 4 is 26.8 Å². The molecule has 0 aliphatic rings. The molecule has 6 heteroatoms. The van der Waals surface area contributed by atoms with Gasteiger partial charge < -0.3 is 0 Å². The van der Waals surface area contributed by atoms with E-state index in [-0.39, 0.29) is 15.4 Å². The highest BCUT2D eigenvalue weighted by molar-refractivity contribution is 9.10. The molecular weight excluding hydrogens is 285 g/mol. The average molecular weight is 291 g/mol. The molecule has 84 valence electrons. The van der Waals surface area contributed by atoms with E-state index in [0.717, 1.165) is 12.4 Å². The molecule has 0 unspecified atom stereocenters. The maximum atomic E-state index is 13.3. The van der Waals surface area contributed by atoms with Crippen LogP contribution in [0.3, 0.4) is 0 Å². The van der Waals surface area contributed by atoms with Gasteiger partial charge in [-0.3, -0.25) is 0 Å². The molecule has 1 aromatic heterocycles. The Morgan fingerprint density at radius 1 is 1.25 bits per heavy atom. The number of hydrogen-bond acceptors (Lipinski definition) is 2. The van der Waals surface area contributed by atoms with Gasteiger partial charge in [0.2, 0.25) is 0 Å². The molecular formula is C10H6BrF3N2. The zero-order chi connectivity index (χ0) is 11.9. The summed E-state index contributed by atoms with van der Waals surface area (Å²) in [6.45, 7) is 0.717. The van der Waals surface area contributed by atoms with Gasteiger partial charge in [0.1, 0.15) is 17.8 Å². The Bertz CT molecular complexity index is 551. The number of benzene rings is 1. The summed E-state index contributed by atoms with van der Waals surface area (Å²) >= 11 is 2.97. The second-order valence-electron chi connectivity index (χ2n) is 3.39. The topological polar surface area (TPSA) is 25.8 Å². The van der Waals surface area contributed by atoms with E-state index in [1.165, 1.54) is 6.07 Å². The van der Waals surface area contributed by atoms with E-state index in [1.54, 1.807) is 0 Å². The summed E-state index contributed by atoms with van der Waals surface area (Å²) in [5, 5.41) is 0.0238. The van der Waals surface area contributed by atoms with Crippen molar-refractivity contribution in [2.24, 2.45) is 0 Å². The summed E-state index contributed by atoms with van der Waals surface area (Å²) in [7, 11) is 0. The molecule has 2 nitrogen and oxygen atoms in total. The molecule has 0 N–H and O–H groups in total. The van der Waals surface area contributed by atoms with Gasteiger partial charge in [0.05, 0.1) is 9.99 Å². The molecule has 1 heterocycles. The van der Waals surface area contributed by atoms with Crippen LogP contribution in [-0.4, -0.2) is 9.97 Å². The lowest BCUT2D eigenvalue weighted by atomic mass is 10.1. The molecule has 0 saturated heterocycles. The van der Waals surface area contributed by atoms with Crippen molar-refractivity contribution in [1.29, 1.82) is 0 Å². The van der Waals surface area contributed by atoms with Crippen molar-refractivity contribution in [2.45, 2.75) is 12.8 Å². The zero-order valence-corrected chi connectivity index (χ0v) is 9.72. The van der Waals surface area contributed by atoms with Crippen LogP contribution in [0.15, 0.2) is 22.9 Å². The third-order valence-electron chi connectivity index (χ3n) is 2.09. The summed E-state index contributed by atoms with van der Waals surface area (Å²) < 4.78 is 39.8. The predicted octanol–water partition coefficient (Wildman–Crippen LogP) is 3.64. The van der Waals surface area contributed by atoms with Crippen LogP contribution in [-0.2, 0) is 5.92 Å². The van der Waals surface area contributed by atoms with Gasteiger partial charge in [0, 0.05) is 12.3 Å². The van der Waals surface area contributed by atoms with E-state index >= 15 is 0 Å². The lowest BCUT2D eigenvalue weighted by Gasteiger charge is -2.11. The SMILES string of the molecule is CC(F)(F)c1ncnc2cc(Br)c(F)cc12. The summed E-state index contributed by atoms with van der Waals surface area (Å²) in [5.41, 5.74) is -0.191. The Morgan fingerprint density at radius 2 is 1.94 bits per heavy atom. The summed E-state index contributed by atoms with van der Waals surface area (Å²) in [5.74, 6) is -3.74. The molecule has 0 aliphatic heterocycles. The molecule has 1 aromatic carbocycles. The highest BCUT2D eigenvalue weighted by Crippen LogP contribution is 2.32. The molecule has 0 amide bonds. The van der Waals surface area contributed by atoms with Crippen molar-refractivity contribution in [3.63, 3.8) is 0 Å². The highest BCUT2D eigenvalue weighted by Gasteiger charge is 2.29. The van der Waals surface area contributed by atoms with Crippen LogP contribution in [0.2, 0.25) is 0 Å². The molecule has 2 rings (SSSR count). The largest absolute Gasteiger partial charge is 0.287 e. The van der Waals surface area contributed by atoms with Gasteiger partial charge in [-0.2, -0.15) is 8.78 Å². The van der Waals surface area contributed by atoms with E-state index in [2.05, 4.69) is 25.9 Å². The molecule has 0 saturated carbocycles. The molecule has 0 fully saturated rings. The lowest BCUT2D eigenvalue weighted by molar-refractivity contribution is 0.0144. The highest BCUT2D eigenvalue weighted by atomic mass is 79.9. The van der Waals surface area contributed by atoms with E-state index in [4.69, 9.17) is 0 Å². The Labute approximate surface area is 97.6 Å². The molecule has 0 atom stereocenters. The van der Waals surface area contributed by atoms with Crippen molar-refractivity contribution in [3.8, 4) is 0 Å². The fourth-order valence-corrected chi connectivity index (χ4v) is 1.73. The van der Waals surface area contributed by atoms with E-state index in [0.29, 0.717) is 6.92 Å². The first-order valence-corrected chi connectivity index (χ1v) is 5.17. The number of alkyl halides is 2. The quantitative estimate of drug-likeness (QED) is 0.801. The minimum absolute atomic E-state index is 0.0238. The van der Waals surface area contributed by atoms with Crippen molar-refractivity contribution in [1.82, 2.24) is 9.97 Å². The number of halogens is 4. The monoisotopic (exact) mass is 290 g/mol. The number of fused-ring (bicyclic) bond motifs is 1. The van der Waals surface area contributed by atoms with Crippen molar-refractivity contribution in [3.05, 3.63) is 34.4 Å². The van der Waals surface area contributed by atoms with E-state index < -0.39 is 17.4 Å². The molecule has 0 radical (unpaired) electrons. The van der Waals surface area contributed by atoms with Gasteiger partial charge >= 0.3 is 0 Å². The molecule has 0 aliphatic carbocycles. The number of rotatable bonds is 1. The third-order valence-corrected chi connectivity index (χ3v) is 2.70. The van der Waals surface area contributed by atoms with Crippen LogP contribution < -0.4 is 0 Å². The first kappa shape index (κ1) is 11.3. The van der Waals surface area contributed by atoms with Gasteiger partial charge in [-0.25, -0.2) is 14.4 Å². The van der Waals surface area contributed by atoms with Crippen LogP contribution >= 0.6 is 15.9 Å². The molecule has 0 spiro atoms. The van der Waals surface area contributed by atoms with Gasteiger partial charge in [0.15, 0.2) is 0 Å². The molecule has 0 bridgehead atoms. The van der Waals surface area contributed by atoms with E-state index in [1.807, 2.05) is 0 Å². The maximum Gasteiger partial charge on any atom is 0.287 e. The molecule has 2 aromatic rings. The van der Waals surface area contributed by atoms with Gasteiger partial charge in [-0.05, 0) is 28.1 Å². The second kappa shape index (κ2) is 3.69. The van der Waals surface area contributed by atoms with Crippen LogP contribution in [0.1, 0.15) is 12.6 Å². The fraction of sp³-hybridized carbons (Fsp3) is 0.200. The van der Waals surface area contributed by atoms with Crippen molar-refractivity contribution < 1.29 is 13.2 Å². The first-order valence-electron chi connectivity index (χ1n) is 4.37. The number of nitrogens with zero attached hydrogens (tertiary/aromatic N) is 2. The fourth-order valence-electron chi connectivity index (χ4n) is 1.40. The average Bonchev–Trinajstić information content (AvgIpc) is 2.17. The van der Waals surface area contributed by atoms with Gasteiger partial charge in [-0.1, -0.05) is 0 Å². The van der Waals surface area contributed by atoms with Crippen molar-refractivity contribution in [2.75, 3.05) is 0 Å². The Hall–Kier alpha value is -1.17. The van der Waals surface area contributed by atoms with E-state index in [9.17, 15) is 13.2 Å². The minimum Gasteiger partial charge on any atom is -0.236 e. The third kappa shape index (κ3) is 1.89. The normalized spacial score (nSPS) is 12.1. The van der Waals surface area contributed by atoms with Gasteiger partial charge in [-0.15, -0.1) is 0 Å². The minimum atomic E-state index is -3.12. The summed E-state index contributed by atoms with van der Waals surface area (Å²) in [6, 6.07) is 2.35. The van der Waals surface area contributed by atoms with Crippen LogP contribution in [0.5, 0.6) is 0 Å². The van der Waals surface area contributed by atoms with Crippen LogP contribution in [0.4, 0.5) is 13.2 Å².